The zero-order valence-electron chi connectivity index (χ0n) is 15.9. The van der Waals surface area contributed by atoms with Crippen LogP contribution in [0.2, 0.25) is 0 Å². The Labute approximate surface area is 159 Å². The van der Waals surface area contributed by atoms with Crippen molar-refractivity contribution in [2.45, 2.75) is 51.0 Å². The van der Waals surface area contributed by atoms with Crippen molar-refractivity contribution in [2.24, 2.45) is 0 Å². The van der Waals surface area contributed by atoms with Gasteiger partial charge in [-0.2, -0.15) is 0 Å². The number of benzene rings is 1. The molecular weight excluding hydrogens is 345 g/mol. The predicted molar refractivity (Wildman–Crippen MR) is 103 cm³/mol. The van der Waals surface area contributed by atoms with E-state index in [9.17, 15) is 9.18 Å². The molecule has 0 saturated carbocycles. The first-order valence-corrected chi connectivity index (χ1v) is 9.81. The van der Waals surface area contributed by atoms with Crippen molar-refractivity contribution in [2.75, 3.05) is 20.1 Å². The Morgan fingerprint density at radius 3 is 3.00 bits per heavy atom. The highest BCUT2D eigenvalue weighted by molar-refractivity contribution is 5.76. The van der Waals surface area contributed by atoms with Gasteiger partial charge >= 0.3 is 0 Å². The topological polar surface area (TPSA) is 58.4 Å². The highest BCUT2D eigenvalue weighted by Gasteiger charge is 2.19. The van der Waals surface area contributed by atoms with Crippen LogP contribution in [0.15, 0.2) is 34.9 Å². The Bertz CT molecular complexity index is 741. The molecule has 5 nitrogen and oxygen atoms in total. The minimum absolute atomic E-state index is 0.226. The van der Waals surface area contributed by atoms with Crippen molar-refractivity contribution >= 4 is 5.91 Å². The minimum Gasteiger partial charge on any atom is -0.361 e. The third kappa shape index (κ3) is 5.89. The predicted octanol–water partition coefficient (Wildman–Crippen LogP) is 3.79. The summed E-state index contributed by atoms with van der Waals surface area (Å²) in [4.78, 5) is 14.0. The van der Waals surface area contributed by atoms with E-state index in [1.165, 1.54) is 18.6 Å². The number of amides is 1. The van der Waals surface area contributed by atoms with Gasteiger partial charge in [0.25, 0.3) is 0 Å². The molecule has 0 aliphatic carbocycles. The molecule has 1 aromatic heterocycles. The quantitative estimate of drug-likeness (QED) is 0.680. The van der Waals surface area contributed by atoms with E-state index in [2.05, 4.69) is 10.5 Å². The lowest BCUT2D eigenvalue weighted by atomic mass is 10.1. The Balaban J connectivity index is 1.34. The van der Waals surface area contributed by atoms with Crippen LogP contribution in [0.25, 0.3) is 11.3 Å². The number of halogens is 1. The molecule has 3 rings (SSSR count). The lowest BCUT2D eigenvalue weighted by Crippen LogP contribution is -2.33. The lowest BCUT2D eigenvalue weighted by Gasteiger charge is -2.19. The molecule has 1 aliphatic rings. The maximum Gasteiger partial charge on any atom is 0.223 e. The molecule has 146 valence electrons. The summed E-state index contributed by atoms with van der Waals surface area (Å²) in [6.07, 6.45) is 6.66. The van der Waals surface area contributed by atoms with Gasteiger partial charge in [0.2, 0.25) is 5.91 Å². The maximum atomic E-state index is 13.3. The average Bonchev–Trinajstić information content (AvgIpc) is 3.33. The largest absolute Gasteiger partial charge is 0.361 e. The molecule has 0 bridgehead atoms. The molecule has 1 fully saturated rings. The van der Waals surface area contributed by atoms with Crippen molar-refractivity contribution < 1.29 is 13.7 Å². The summed E-state index contributed by atoms with van der Waals surface area (Å²) in [6.45, 7) is 1.82. The van der Waals surface area contributed by atoms with Crippen molar-refractivity contribution in [3.8, 4) is 11.3 Å². The van der Waals surface area contributed by atoms with E-state index in [0.29, 0.717) is 18.2 Å². The van der Waals surface area contributed by atoms with Crippen molar-refractivity contribution in [3.63, 3.8) is 0 Å². The van der Waals surface area contributed by atoms with Crippen LogP contribution in [0.5, 0.6) is 0 Å². The SMILES string of the molecule is CN(CCCCCc1cc(-c2cccc(F)c2)no1)C(=O)CC1CCCN1. The van der Waals surface area contributed by atoms with Crippen LogP contribution in [0.1, 0.15) is 44.3 Å². The van der Waals surface area contributed by atoms with Gasteiger partial charge in [0, 0.05) is 44.1 Å². The fraction of sp³-hybridized carbons (Fsp3) is 0.524. The van der Waals surface area contributed by atoms with E-state index in [1.807, 2.05) is 24.1 Å². The number of aryl methyl sites for hydroxylation is 1. The number of rotatable bonds is 9. The Kier molecular flexibility index (Phi) is 6.98. The van der Waals surface area contributed by atoms with Gasteiger partial charge in [0.15, 0.2) is 0 Å². The summed E-state index contributed by atoms with van der Waals surface area (Å²) in [5.41, 5.74) is 1.39. The number of carbonyl (C=O) groups is 1. The summed E-state index contributed by atoms with van der Waals surface area (Å²) < 4.78 is 18.6. The first-order valence-electron chi connectivity index (χ1n) is 9.81. The molecular formula is C21H28FN3O2. The number of carbonyl (C=O) groups excluding carboxylic acids is 1. The van der Waals surface area contributed by atoms with Gasteiger partial charge in [0.05, 0.1) is 0 Å². The average molecular weight is 373 g/mol. The second kappa shape index (κ2) is 9.65. The molecule has 1 saturated heterocycles. The number of unbranched alkanes of at least 4 members (excludes halogenated alkanes) is 2. The monoisotopic (exact) mass is 373 g/mol. The van der Waals surface area contributed by atoms with E-state index in [4.69, 9.17) is 4.52 Å². The second-order valence-electron chi connectivity index (χ2n) is 7.31. The maximum absolute atomic E-state index is 13.3. The van der Waals surface area contributed by atoms with Gasteiger partial charge in [0.1, 0.15) is 17.3 Å². The van der Waals surface area contributed by atoms with Crippen LogP contribution < -0.4 is 5.32 Å². The molecule has 1 amide bonds. The smallest absolute Gasteiger partial charge is 0.223 e. The highest BCUT2D eigenvalue weighted by Crippen LogP contribution is 2.21. The van der Waals surface area contributed by atoms with Crippen LogP contribution in [-0.2, 0) is 11.2 Å². The van der Waals surface area contributed by atoms with Gasteiger partial charge in [-0.3, -0.25) is 4.79 Å². The van der Waals surface area contributed by atoms with Crippen molar-refractivity contribution in [3.05, 3.63) is 41.9 Å². The normalized spacial score (nSPS) is 16.6. The summed E-state index contributed by atoms with van der Waals surface area (Å²) in [6, 6.07) is 8.59. The van der Waals surface area contributed by atoms with E-state index in [0.717, 1.165) is 56.5 Å². The zero-order valence-corrected chi connectivity index (χ0v) is 15.9. The molecule has 6 heteroatoms. The fourth-order valence-electron chi connectivity index (χ4n) is 3.46. The van der Waals surface area contributed by atoms with Gasteiger partial charge in [-0.25, -0.2) is 4.39 Å². The van der Waals surface area contributed by atoms with Gasteiger partial charge in [-0.05, 0) is 44.4 Å². The number of hydrogen-bond acceptors (Lipinski definition) is 4. The second-order valence-corrected chi connectivity index (χ2v) is 7.31. The Hall–Kier alpha value is -2.21. The number of nitrogens with one attached hydrogen (secondary N) is 1. The fourth-order valence-corrected chi connectivity index (χ4v) is 3.46. The molecule has 1 atom stereocenters. The third-order valence-corrected chi connectivity index (χ3v) is 5.11. The number of nitrogens with zero attached hydrogens (tertiary/aromatic N) is 2. The molecule has 2 aromatic rings. The number of hydrogen-bond donors (Lipinski definition) is 1. The molecule has 1 unspecified atom stereocenters. The standard InChI is InChI=1S/C21H28FN3O2/c1-25(21(26)14-18-9-6-11-23-18)12-4-2-3-10-19-15-20(24-27-19)16-7-5-8-17(22)13-16/h5,7-8,13,15,18,23H,2-4,6,9-12,14H2,1H3. The van der Waals surface area contributed by atoms with Gasteiger partial charge < -0.3 is 14.7 Å². The highest BCUT2D eigenvalue weighted by atomic mass is 19.1. The summed E-state index contributed by atoms with van der Waals surface area (Å²) >= 11 is 0. The Morgan fingerprint density at radius 1 is 1.33 bits per heavy atom. The lowest BCUT2D eigenvalue weighted by molar-refractivity contribution is -0.130. The third-order valence-electron chi connectivity index (χ3n) is 5.11. The van der Waals surface area contributed by atoms with Crippen LogP contribution in [0, 0.1) is 5.82 Å². The summed E-state index contributed by atoms with van der Waals surface area (Å²) in [7, 11) is 1.89. The van der Waals surface area contributed by atoms with Crippen LogP contribution in [0.4, 0.5) is 4.39 Å². The summed E-state index contributed by atoms with van der Waals surface area (Å²) in [5, 5.41) is 7.40. The van der Waals surface area contributed by atoms with Gasteiger partial charge in [-0.1, -0.05) is 23.7 Å². The molecule has 1 aromatic carbocycles. The first-order chi connectivity index (χ1) is 13.1. The zero-order chi connectivity index (χ0) is 19.1. The van der Waals surface area contributed by atoms with Crippen molar-refractivity contribution in [1.82, 2.24) is 15.4 Å². The van der Waals surface area contributed by atoms with Crippen LogP contribution in [0.3, 0.4) is 0 Å². The summed E-state index contributed by atoms with van der Waals surface area (Å²) in [5.74, 6) is 0.759. The van der Waals surface area contributed by atoms with E-state index >= 15 is 0 Å². The van der Waals surface area contributed by atoms with Crippen LogP contribution in [-0.4, -0.2) is 42.1 Å². The molecule has 2 heterocycles. The van der Waals surface area contributed by atoms with Crippen molar-refractivity contribution in [1.29, 1.82) is 0 Å². The first kappa shape index (κ1) is 19.5. The Morgan fingerprint density at radius 2 is 2.22 bits per heavy atom. The molecule has 0 radical (unpaired) electrons. The number of aromatic nitrogens is 1. The van der Waals surface area contributed by atoms with E-state index in [-0.39, 0.29) is 11.7 Å². The van der Waals surface area contributed by atoms with Gasteiger partial charge in [-0.15, -0.1) is 0 Å². The van der Waals surface area contributed by atoms with E-state index < -0.39 is 0 Å². The van der Waals surface area contributed by atoms with E-state index in [1.54, 1.807) is 6.07 Å². The molecule has 0 spiro atoms. The molecule has 1 N–H and O–H groups in total. The molecule has 1 aliphatic heterocycles. The minimum atomic E-state index is -0.278. The molecule has 27 heavy (non-hydrogen) atoms. The van der Waals surface area contributed by atoms with Crippen LogP contribution >= 0.6 is 0 Å².